The van der Waals surface area contributed by atoms with Crippen molar-refractivity contribution in [1.82, 2.24) is 4.90 Å². The first kappa shape index (κ1) is 12.8. The van der Waals surface area contributed by atoms with Crippen LogP contribution in [0.3, 0.4) is 0 Å². The predicted molar refractivity (Wildman–Crippen MR) is 36.5 cm³/mol. The van der Waals surface area contributed by atoms with Crippen LogP contribution in [0.2, 0.25) is 0 Å². The Kier molecular flexibility index (Phi) is 10.4. The zero-order valence-electron chi connectivity index (χ0n) is 5.94. The predicted octanol–water partition coefficient (Wildman–Crippen LogP) is -2.11. The van der Waals surface area contributed by atoms with Crippen molar-refractivity contribution in [1.29, 1.82) is 0 Å². The second-order valence-corrected chi connectivity index (χ2v) is 2.16. The standard InChI is InChI=1S/C6H12N.BrH.Mg/c1-7-5-3-2-4-6-7;;/h5H,2-4,6H2,1H3;1H;/q-1;;+2/p-1. The summed E-state index contributed by atoms with van der Waals surface area (Å²) in [5.74, 6) is 0. The van der Waals surface area contributed by atoms with E-state index in [1.165, 1.54) is 25.8 Å². The van der Waals surface area contributed by atoms with Gasteiger partial charge in [-0.05, 0) is 20.0 Å². The monoisotopic (exact) mass is 201 g/mol. The average Bonchev–Trinajstić information content (AvgIpc) is 1.69. The van der Waals surface area contributed by atoms with Gasteiger partial charge >= 0.3 is 23.1 Å². The maximum atomic E-state index is 2.27. The minimum absolute atomic E-state index is 0. The minimum Gasteiger partial charge on any atom is -1.00 e. The third kappa shape index (κ3) is 5.64. The van der Waals surface area contributed by atoms with Crippen LogP contribution < -0.4 is 17.0 Å². The summed E-state index contributed by atoms with van der Waals surface area (Å²) in [5, 5.41) is 0. The van der Waals surface area contributed by atoms with Crippen molar-refractivity contribution in [2.24, 2.45) is 0 Å². The van der Waals surface area contributed by atoms with Gasteiger partial charge in [-0.2, -0.15) is 6.42 Å². The van der Waals surface area contributed by atoms with Crippen LogP contribution in [0, 0.1) is 6.54 Å². The first-order valence-electron chi connectivity index (χ1n) is 2.93. The third-order valence-electron chi connectivity index (χ3n) is 1.41. The number of halogens is 1. The van der Waals surface area contributed by atoms with Crippen LogP contribution in [-0.2, 0) is 0 Å². The Morgan fingerprint density at radius 3 is 2.22 bits per heavy atom. The van der Waals surface area contributed by atoms with Crippen LogP contribution in [0.1, 0.15) is 19.3 Å². The Labute approximate surface area is 84.1 Å². The molecular formula is C6H12BrMgN. The van der Waals surface area contributed by atoms with E-state index in [-0.39, 0.29) is 40.0 Å². The van der Waals surface area contributed by atoms with Crippen molar-refractivity contribution in [3.8, 4) is 0 Å². The summed E-state index contributed by atoms with van der Waals surface area (Å²) in [7, 11) is 2.14. The molecule has 1 rings (SSSR count). The second-order valence-electron chi connectivity index (χ2n) is 2.16. The van der Waals surface area contributed by atoms with E-state index in [9.17, 15) is 0 Å². The van der Waals surface area contributed by atoms with Gasteiger partial charge in [-0.15, -0.1) is 0 Å². The molecule has 0 N–H and O–H groups in total. The molecule has 0 spiro atoms. The smallest absolute Gasteiger partial charge is 1.00 e. The molecule has 1 saturated heterocycles. The molecule has 0 aromatic heterocycles. The SMILES string of the molecule is CN1[CH-]CCCC1.[Br-].[Mg+2]. The zero-order valence-corrected chi connectivity index (χ0v) is 8.94. The minimum atomic E-state index is 0. The van der Waals surface area contributed by atoms with Crippen molar-refractivity contribution in [3.63, 3.8) is 0 Å². The van der Waals surface area contributed by atoms with Gasteiger partial charge in [0, 0.05) is 0 Å². The molecule has 0 saturated carbocycles. The maximum absolute atomic E-state index is 2.27. The molecule has 1 heterocycles. The fraction of sp³-hybridized carbons (Fsp3) is 0.833. The largest absolute Gasteiger partial charge is 2.00 e. The van der Waals surface area contributed by atoms with Gasteiger partial charge in [0.1, 0.15) is 0 Å². The van der Waals surface area contributed by atoms with Gasteiger partial charge in [0.25, 0.3) is 0 Å². The molecular weight excluding hydrogens is 190 g/mol. The molecule has 1 aliphatic rings. The number of hydrogen-bond acceptors (Lipinski definition) is 1. The molecule has 0 radical (unpaired) electrons. The van der Waals surface area contributed by atoms with E-state index in [1.807, 2.05) is 0 Å². The maximum Gasteiger partial charge on any atom is 2.00 e. The van der Waals surface area contributed by atoms with Gasteiger partial charge in [-0.3, -0.25) is 6.54 Å². The van der Waals surface area contributed by atoms with E-state index in [1.54, 1.807) is 0 Å². The van der Waals surface area contributed by atoms with E-state index < -0.39 is 0 Å². The van der Waals surface area contributed by atoms with Crippen molar-refractivity contribution < 1.29 is 17.0 Å². The summed E-state index contributed by atoms with van der Waals surface area (Å²) in [6.45, 7) is 3.53. The van der Waals surface area contributed by atoms with Crippen molar-refractivity contribution in [2.45, 2.75) is 19.3 Å². The topological polar surface area (TPSA) is 3.24 Å². The number of likely N-dealkylation sites (tertiary alicyclic amines) is 1. The molecule has 0 aromatic carbocycles. The zero-order chi connectivity index (χ0) is 5.11. The van der Waals surface area contributed by atoms with E-state index in [0.29, 0.717) is 0 Å². The molecule has 50 valence electrons. The molecule has 0 aromatic rings. The molecule has 0 unspecified atom stereocenters. The van der Waals surface area contributed by atoms with E-state index in [0.717, 1.165) is 0 Å². The Bertz CT molecular complexity index is 55.0. The van der Waals surface area contributed by atoms with Gasteiger partial charge in [0.15, 0.2) is 0 Å². The fourth-order valence-electron chi connectivity index (χ4n) is 0.909. The molecule has 1 fully saturated rings. The van der Waals surface area contributed by atoms with Gasteiger partial charge in [-0.1, -0.05) is 6.42 Å². The summed E-state index contributed by atoms with van der Waals surface area (Å²) < 4.78 is 0. The molecule has 0 amide bonds. The number of nitrogens with zero attached hydrogens (tertiary/aromatic N) is 1. The summed E-state index contributed by atoms with van der Waals surface area (Å²) in [6.07, 6.45) is 4.06. The quantitative estimate of drug-likeness (QED) is 0.321. The summed E-state index contributed by atoms with van der Waals surface area (Å²) >= 11 is 0. The van der Waals surface area contributed by atoms with Gasteiger partial charge in [0.05, 0.1) is 0 Å². The molecule has 3 heteroatoms. The van der Waals surface area contributed by atoms with Crippen LogP contribution in [0.4, 0.5) is 0 Å². The van der Waals surface area contributed by atoms with Crippen LogP contribution >= 0.6 is 0 Å². The van der Waals surface area contributed by atoms with Crippen molar-refractivity contribution >= 4 is 23.1 Å². The third-order valence-corrected chi connectivity index (χ3v) is 1.41. The summed E-state index contributed by atoms with van der Waals surface area (Å²) in [5.41, 5.74) is 0. The Balaban J connectivity index is 0. The molecule has 0 aliphatic carbocycles. The summed E-state index contributed by atoms with van der Waals surface area (Å²) in [4.78, 5) is 2.27. The Morgan fingerprint density at radius 1 is 1.33 bits per heavy atom. The van der Waals surface area contributed by atoms with Crippen LogP contribution in [0.15, 0.2) is 0 Å². The molecule has 0 bridgehead atoms. The number of piperidine rings is 1. The molecule has 0 atom stereocenters. The van der Waals surface area contributed by atoms with Gasteiger partial charge < -0.3 is 21.9 Å². The Morgan fingerprint density at radius 2 is 2.00 bits per heavy atom. The second kappa shape index (κ2) is 7.31. The van der Waals surface area contributed by atoms with Crippen molar-refractivity contribution in [2.75, 3.05) is 13.6 Å². The van der Waals surface area contributed by atoms with Crippen molar-refractivity contribution in [3.05, 3.63) is 6.54 Å². The normalized spacial score (nSPS) is 19.7. The van der Waals surface area contributed by atoms with Gasteiger partial charge in [0.2, 0.25) is 0 Å². The van der Waals surface area contributed by atoms with Crippen LogP contribution in [-0.4, -0.2) is 41.5 Å². The molecule has 9 heavy (non-hydrogen) atoms. The van der Waals surface area contributed by atoms with Crippen LogP contribution in [0.25, 0.3) is 0 Å². The molecule has 1 aliphatic heterocycles. The van der Waals surface area contributed by atoms with E-state index in [2.05, 4.69) is 18.5 Å². The summed E-state index contributed by atoms with van der Waals surface area (Å²) in [6, 6.07) is 0. The van der Waals surface area contributed by atoms with Gasteiger partial charge in [-0.25, -0.2) is 0 Å². The number of rotatable bonds is 0. The van der Waals surface area contributed by atoms with Crippen LogP contribution in [0.5, 0.6) is 0 Å². The number of hydrogen-bond donors (Lipinski definition) is 0. The van der Waals surface area contributed by atoms with E-state index >= 15 is 0 Å². The van der Waals surface area contributed by atoms with E-state index in [4.69, 9.17) is 0 Å². The fourth-order valence-corrected chi connectivity index (χ4v) is 0.909. The first-order chi connectivity index (χ1) is 3.39. The first-order valence-corrected chi connectivity index (χ1v) is 2.93. The molecule has 1 nitrogen and oxygen atoms in total. The Hall–Kier alpha value is 1.21. The average molecular weight is 202 g/mol.